The molecule has 0 radical (unpaired) electrons. The lowest BCUT2D eigenvalue weighted by molar-refractivity contribution is -0.123. The molecule has 2 aromatic carbocycles. The van der Waals surface area contributed by atoms with Gasteiger partial charge < -0.3 is 10.2 Å². The zero-order chi connectivity index (χ0) is 25.5. The van der Waals surface area contributed by atoms with Crippen LogP contribution in [0, 0.1) is 5.92 Å². The molecule has 1 aliphatic heterocycles. The van der Waals surface area contributed by atoms with E-state index in [-0.39, 0.29) is 17.9 Å². The largest absolute Gasteiger partial charge is 0.336 e. The minimum Gasteiger partial charge on any atom is -0.336 e. The van der Waals surface area contributed by atoms with Gasteiger partial charge in [0.05, 0.1) is 6.04 Å². The number of hydrogen-bond donors (Lipinski definition) is 1. The average Bonchev–Trinajstić information content (AvgIpc) is 3.42. The van der Waals surface area contributed by atoms with Gasteiger partial charge in [0.1, 0.15) is 0 Å². The average molecular weight is 490 g/mol. The molecule has 4 rings (SSSR count). The van der Waals surface area contributed by atoms with Crippen LogP contribution >= 0.6 is 0 Å². The summed E-state index contributed by atoms with van der Waals surface area (Å²) in [4.78, 5) is 30.9. The second-order valence-corrected chi connectivity index (χ2v) is 10.9. The van der Waals surface area contributed by atoms with E-state index in [0.29, 0.717) is 24.9 Å². The summed E-state index contributed by atoms with van der Waals surface area (Å²) in [7, 11) is 0. The summed E-state index contributed by atoms with van der Waals surface area (Å²) in [5.74, 6) is 1.06. The Morgan fingerprint density at radius 3 is 2.14 bits per heavy atom. The third-order valence-electron chi connectivity index (χ3n) is 7.97. The van der Waals surface area contributed by atoms with Crippen molar-refractivity contribution in [1.29, 1.82) is 0 Å². The highest BCUT2D eigenvalue weighted by molar-refractivity contribution is 5.95. The third kappa shape index (κ3) is 6.56. The van der Waals surface area contributed by atoms with Crippen LogP contribution in [0.2, 0.25) is 0 Å². The van der Waals surface area contributed by atoms with E-state index in [1.807, 2.05) is 29.2 Å². The molecule has 0 spiro atoms. The molecule has 194 valence electrons. The first kappa shape index (κ1) is 26.4. The van der Waals surface area contributed by atoms with Crippen molar-refractivity contribution >= 4 is 17.5 Å². The van der Waals surface area contributed by atoms with Crippen LogP contribution in [0.5, 0.6) is 0 Å². The molecule has 5 heteroatoms. The SMILES string of the molecule is CCCCc1ccc(C(=O)N2CCN([C@@H](C(=O)Nc3ccc(C(C)C)cc3)C3CCCC3)CC2)cc1. The maximum absolute atomic E-state index is 13.5. The number of anilines is 1. The molecule has 36 heavy (non-hydrogen) atoms. The Morgan fingerprint density at radius 2 is 1.56 bits per heavy atom. The molecule has 2 aromatic rings. The summed E-state index contributed by atoms with van der Waals surface area (Å²) in [6.45, 7) is 9.35. The van der Waals surface area contributed by atoms with Gasteiger partial charge in [0.2, 0.25) is 5.91 Å². The van der Waals surface area contributed by atoms with Gasteiger partial charge in [-0.3, -0.25) is 14.5 Å². The van der Waals surface area contributed by atoms with E-state index in [0.717, 1.165) is 43.6 Å². The number of piperazine rings is 1. The molecule has 0 bridgehead atoms. The maximum atomic E-state index is 13.5. The van der Waals surface area contributed by atoms with Crippen molar-refractivity contribution < 1.29 is 9.59 Å². The Morgan fingerprint density at radius 1 is 0.917 bits per heavy atom. The number of benzene rings is 2. The van der Waals surface area contributed by atoms with E-state index in [9.17, 15) is 9.59 Å². The summed E-state index contributed by atoms with van der Waals surface area (Å²) in [6.07, 6.45) is 8.02. The fraction of sp³-hybridized carbons (Fsp3) is 0.548. The number of carbonyl (C=O) groups excluding carboxylic acids is 2. The molecule has 1 saturated heterocycles. The van der Waals surface area contributed by atoms with Crippen molar-refractivity contribution in [3.8, 4) is 0 Å². The Kier molecular flexibility index (Phi) is 9.19. The number of amides is 2. The van der Waals surface area contributed by atoms with Gasteiger partial charge in [-0.15, -0.1) is 0 Å². The highest BCUT2D eigenvalue weighted by Crippen LogP contribution is 2.32. The molecule has 1 heterocycles. The lowest BCUT2D eigenvalue weighted by Crippen LogP contribution is -2.56. The minimum absolute atomic E-state index is 0.0987. The van der Waals surface area contributed by atoms with Crippen LogP contribution in [0.3, 0.4) is 0 Å². The Hall–Kier alpha value is -2.66. The van der Waals surface area contributed by atoms with Crippen molar-refractivity contribution in [3.05, 3.63) is 65.2 Å². The topological polar surface area (TPSA) is 52.7 Å². The van der Waals surface area contributed by atoms with Crippen LogP contribution in [-0.4, -0.2) is 53.8 Å². The molecule has 1 atom stereocenters. The monoisotopic (exact) mass is 489 g/mol. The smallest absolute Gasteiger partial charge is 0.253 e. The van der Waals surface area contributed by atoms with Crippen molar-refractivity contribution in [3.63, 3.8) is 0 Å². The number of rotatable bonds is 9. The highest BCUT2D eigenvalue weighted by atomic mass is 16.2. The molecule has 0 unspecified atom stereocenters. The molecule has 5 nitrogen and oxygen atoms in total. The van der Waals surface area contributed by atoms with Gasteiger partial charge >= 0.3 is 0 Å². The second kappa shape index (κ2) is 12.5. The van der Waals surface area contributed by atoms with Gasteiger partial charge in [-0.05, 0) is 72.9 Å². The van der Waals surface area contributed by atoms with Crippen LogP contribution < -0.4 is 5.32 Å². The van der Waals surface area contributed by atoms with E-state index in [2.05, 4.69) is 55.3 Å². The number of unbranched alkanes of at least 4 members (excludes halogenated alkanes) is 1. The van der Waals surface area contributed by atoms with Crippen LogP contribution in [0.15, 0.2) is 48.5 Å². The third-order valence-corrected chi connectivity index (χ3v) is 7.97. The van der Waals surface area contributed by atoms with Gasteiger partial charge in [0, 0.05) is 37.4 Å². The minimum atomic E-state index is -0.132. The summed E-state index contributed by atoms with van der Waals surface area (Å²) in [5.41, 5.74) is 4.20. The first-order chi connectivity index (χ1) is 17.5. The molecule has 2 fully saturated rings. The molecule has 0 aromatic heterocycles. The van der Waals surface area contributed by atoms with Crippen molar-refractivity contribution in [2.45, 2.75) is 77.7 Å². The number of carbonyl (C=O) groups is 2. The predicted molar refractivity (Wildman–Crippen MR) is 147 cm³/mol. The van der Waals surface area contributed by atoms with Gasteiger partial charge in [0.25, 0.3) is 5.91 Å². The van der Waals surface area contributed by atoms with E-state index < -0.39 is 0 Å². The molecular weight excluding hydrogens is 446 g/mol. The van der Waals surface area contributed by atoms with Crippen molar-refractivity contribution in [2.75, 3.05) is 31.5 Å². The standard InChI is InChI=1S/C31H43N3O2/c1-4-5-8-24-11-13-27(14-12-24)31(36)34-21-19-33(20-22-34)29(26-9-6-7-10-26)30(35)32-28-17-15-25(16-18-28)23(2)3/h11-18,23,26,29H,4-10,19-22H2,1-3H3,(H,32,35)/t29-/m1/s1. The predicted octanol–water partition coefficient (Wildman–Crippen LogP) is 6.11. The fourth-order valence-electron chi connectivity index (χ4n) is 5.70. The molecule has 2 amide bonds. The maximum Gasteiger partial charge on any atom is 0.253 e. The zero-order valence-corrected chi connectivity index (χ0v) is 22.3. The first-order valence-electron chi connectivity index (χ1n) is 14.0. The van der Waals surface area contributed by atoms with Crippen LogP contribution in [0.4, 0.5) is 5.69 Å². The summed E-state index contributed by atoms with van der Waals surface area (Å²) in [5, 5.41) is 3.20. The Balaban J connectivity index is 1.37. The number of nitrogens with zero attached hydrogens (tertiary/aromatic N) is 2. The van der Waals surface area contributed by atoms with E-state index in [4.69, 9.17) is 0 Å². The van der Waals surface area contributed by atoms with Crippen LogP contribution in [-0.2, 0) is 11.2 Å². The molecule has 1 N–H and O–H groups in total. The first-order valence-corrected chi connectivity index (χ1v) is 14.0. The Labute approximate surface area is 217 Å². The molecule has 1 saturated carbocycles. The van der Waals surface area contributed by atoms with Gasteiger partial charge in [-0.25, -0.2) is 0 Å². The molecule has 2 aliphatic rings. The normalized spacial score (nSPS) is 17.9. The highest BCUT2D eigenvalue weighted by Gasteiger charge is 2.37. The van der Waals surface area contributed by atoms with E-state index in [1.165, 1.54) is 36.8 Å². The van der Waals surface area contributed by atoms with Crippen molar-refractivity contribution in [2.24, 2.45) is 5.92 Å². The van der Waals surface area contributed by atoms with Crippen LogP contribution in [0.1, 0.15) is 86.7 Å². The lowest BCUT2D eigenvalue weighted by Gasteiger charge is -2.40. The fourth-order valence-corrected chi connectivity index (χ4v) is 5.70. The zero-order valence-electron chi connectivity index (χ0n) is 22.3. The van der Waals surface area contributed by atoms with E-state index >= 15 is 0 Å². The number of aryl methyl sites for hydroxylation is 1. The van der Waals surface area contributed by atoms with Gasteiger partial charge in [-0.2, -0.15) is 0 Å². The molecular formula is C31H43N3O2. The van der Waals surface area contributed by atoms with Crippen LogP contribution in [0.25, 0.3) is 0 Å². The number of hydrogen-bond acceptors (Lipinski definition) is 3. The number of nitrogens with one attached hydrogen (secondary N) is 1. The van der Waals surface area contributed by atoms with E-state index in [1.54, 1.807) is 0 Å². The Bertz CT molecular complexity index is 985. The van der Waals surface area contributed by atoms with Gasteiger partial charge in [-0.1, -0.05) is 64.3 Å². The van der Waals surface area contributed by atoms with Gasteiger partial charge in [0.15, 0.2) is 0 Å². The quantitative estimate of drug-likeness (QED) is 0.462. The summed E-state index contributed by atoms with van der Waals surface area (Å²) >= 11 is 0. The summed E-state index contributed by atoms with van der Waals surface area (Å²) < 4.78 is 0. The second-order valence-electron chi connectivity index (χ2n) is 10.9. The lowest BCUT2D eigenvalue weighted by atomic mass is 9.94. The van der Waals surface area contributed by atoms with Crippen molar-refractivity contribution in [1.82, 2.24) is 9.80 Å². The molecule has 1 aliphatic carbocycles. The summed E-state index contributed by atoms with van der Waals surface area (Å²) in [6, 6.07) is 16.2.